The molecule has 0 spiro atoms. The van der Waals surface area contributed by atoms with Crippen molar-refractivity contribution in [3.05, 3.63) is 64.0 Å². The molecule has 0 saturated carbocycles. The molecule has 2 N–H and O–H groups in total. The van der Waals surface area contributed by atoms with Crippen LogP contribution >= 0.6 is 0 Å². The topological polar surface area (TPSA) is 149 Å². The van der Waals surface area contributed by atoms with Gasteiger partial charge in [0.25, 0.3) is 21.6 Å². The molecule has 31 heavy (non-hydrogen) atoms. The summed E-state index contributed by atoms with van der Waals surface area (Å²) >= 11 is 0. The Bertz CT molecular complexity index is 1240. The van der Waals surface area contributed by atoms with Gasteiger partial charge in [-0.15, -0.1) is 0 Å². The molecule has 0 atom stereocenters. The van der Waals surface area contributed by atoms with Gasteiger partial charge in [0, 0.05) is 23.7 Å². The minimum Gasteiger partial charge on any atom is -0.438 e. The molecule has 0 radical (unpaired) electrons. The van der Waals surface area contributed by atoms with Crippen molar-refractivity contribution in [2.75, 3.05) is 5.32 Å². The molecule has 3 aromatic rings. The molecule has 1 amide bonds. The molecule has 0 bridgehead atoms. The second-order valence-corrected chi connectivity index (χ2v) is 9.40. The van der Waals surface area contributed by atoms with Crippen LogP contribution in [0.2, 0.25) is 0 Å². The third-order valence-electron chi connectivity index (χ3n) is 3.89. The monoisotopic (exact) mass is 447 g/mol. The first kappa shape index (κ1) is 22.2. The number of nitrogens with zero attached hydrogens (tertiary/aromatic N) is 3. The number of nitro benzene ring substituents is 1. The van der Waals surface area contributed by atoms with Crippen molar-refractivity contribution in [2.24, 2.45) is 0 Å². The molecule has 2 heterocycles. The van der Waals surface area contributed by atoms with Gasteiger partial charge in [-0.3, -0.25) is 14.9 Å². The zero-order chi connectivity index (χ0) is 23.0. The van der Waals surface area contributed by atoms with Gasteiger partial charge in [-0.2, -0.15) is 5.10 Å². The van der Waals surface area contributed by atoms with E-state index in [1.165, 1.54) is 41.1 Å². The number of hydrogen-bond acceptors (Lipinski definition) is 7. The van der Waals surface area contributed by atoms with Gasteiger partial charge in [0.05, 0.1) is 16.3 Å². The minimum atomic E-state index is -3.93. The lowest BCUT2D eigenvalue weighted by Crippen LogP contribution is -2.40. The summed E-state index contributed by atoms with van der Waals surface area (Å²) in [6.07, 6.45) is 0. The molecule has 0 fully saturated rings. The summed E-state index contributed by atoms with van der Waals surface area (Å²) in [5.74, 6) is -0.603. The van der Waals surface area contributed by atoms with E-state index >= 15 is 0 Å². The molecule has 0 unspecified atom stereocenters. The number of non-ortho nitro benzene ring substituents is 1. The normalized spacial score (nSPS) is 12.0. The number of amides is 1. The summed E-state index contributed by atoms with van der Waals surface area (Å²) in [7, 11) is -3.93. The first-order valence-corrected chi connectivity index (χ1v) is 10.6. The number of carbonyl (C=O) groups excluding carboxylic acids is 1. The number of nitro groups is 1. The highest BCUT2D eigenvalue weighted by molar-refractivity contribution is 7.89. The molecule has 1 aromatic carbocycles. The van der Waals surface area contributed by atoms with E-state index in [0.29, 0.717) is 11.4 Å². The Morgan fingerprint density at radius 1 is 1.16 bits per heavy atom. The summed E-state index contributed by atoms with van der Waals surface area (Å²) in [5.41, 5.74) is 0.284. The number of furan rings is 1. The van der Waals surface area contributed by atoms with Crippen LogP contribution in [0, 0.1) is 17.0 Å². The molecule has 11 nitrogen and oxygen atoms in total. The van der Waals surface area contributed by atoms with E-state index in [1.807, 2.05) is 0 Å². The van der Waals surface area contributed by atoms with Gasteiger partial charge in [-0.1, -0.05) is 0 Å². The number of aryl methyl sites for hydroxylation is 1. The van der Waals surface area contributed by atoms with Crippen molar-refractivity contribution < 1.29 is 22.6 Å². The predicted molar refractivity (Wildman–Crippen MR) is 112 cm³/mol. The van der Waals surface area contributed by atoms with Crippen molar-refractivity contribution in [3.8, 4) is 5.69 Å². The largest absolute Gasteiger partial charge is 0.438 e. The highest BCUT2D eigenvalue weighted by Gasteiger charge is 2.26. The van der Waals surface area contributed by atoms with E-state index in [4.69, 9.17) is 4.42 Å². The number of carbonyl (C=O) groups is 1. The van der Waals surface area contributed by atoms with Crippen LogP contribution in [-0.4, -0.2) is 34.6 Å². The fourth-order valence-corrected chi connectivity index (χ4v) is 4.07. The van der Waals surface area contributed by atoms with E-state index in [0.717, 1.165) is 0 Å². The standard InChI is InChI=1S/C19H21N5O6S/c1-12-11-16(23(21-12)13-5-7-14(8-6-13)24(26)27)20-18(25)15-9-10-17(30-15)31(28,29)22-19(2,3)4/h5-11,22H,1-4H3,(H,20,25). The quantitative estimate of drug-likeness (QED) is 0.435. The van der Waals surface area contributed by atoms with E-state index in [1.54, 1.807) is 33.8 Å². The van der Waals surface area contributed by atoms with Crippen molar-refractivity contribution >= 4 is 27.4 Å². The molecule has 0 aliphatic carbocycles. The Morgan fingerprint density at radius 3 is 2.39 bits per heavy atom. The lowest BCUT2D eigenvalue weighted by Gasteiger charge is -2.18. The lowest BCUT2D eigenvalue weighted by atomic mass is 10.1. The fraction of sp³-hybridized carbons (Fsp3) is 0.263. The van der Waals surface area contributed by atoms with Crippen molar-refractivity contribution in [3.63, 3.8) is 0 Å². The fourth-order valence-electron chi connectivity index (χ4n) is 2.72. The number of nitrogens with one attached hydrogen (secondary N) is 2. The van der Waals surface area contributed by atoms with E-state index in [-0.39, 0.29) is 22.4 Å². The van der Waals surface area contributed by atoms with Crippen LogP contribution < -0.4 is 10.0 Å². The minimum absolute atomic E-state index is 0.0774. The average molecular weight is 447 g/mol. The lowest BCUT2D eigenvalue weighted by molar-refractivity contribution is -0.384. The van der Waals surface area contributed by atoms with Crippen LogP contribution in [0.1, 0.15) is 37.0 Å². The highest BCUT2D eigenvalue weighted by Crippen LogP contribution is 2.22. The molecule has 0 aliphatic rings. The van der Waals surface area contributed by atoms with E-state index < -0.39 is 26.4 Å². The van der Waals surface area contributed by atoms with Crippen molar-refractivity contribution in [1.82, 2.24) is 14.5 Å². The van der Waals surface area contributed by atoms with Gasteiger partial charge in [-0.05, 0) is 52.0 Å². The van der Waals surface area contributed by atoms with Crippen LogP contribution in [0.3, 0.4) is 0 Å². The van der Waals surface area contributed by atoms with Crippen molar-refractivity contribution in [2.45, 2.75) is 38.3 Å². The molecule has 164 valence electrons. The maximum absolute atomic E-state index is 12.6. The predicted octanol–water partition coefficient (Wildman–Crippen LogP) is 3.01. The summed E-state index contributed by atoms with van der Waals surface area (Å²) < 4.78 is 33.8. The first-order valence-electron chi connectivity index (χ1n) is 9.12. The zero-order valence-electron chi connectivity index (χ0n) is 17.2. The van der Waals surface area contributed by atoms with Gasteiger partial charge < -0.3 is 9.73 Å². The zero-order valence-corrected chi connectivity index (χ0v) is 18.1. The van der Waals surface area contributed by atoms with Crippen LogP contribution in [0.4, 0.5) is 11.5 Å². The number of rotatable bonds is 6. The van der Waals surface area contributed by atoms with Gasteiger partial charge >= 0.3 is 0 Å². The maximum atomic E-state index is 12.6. The van der Waals surface area contributed by atoms with Crippen molar-refractivity contribution in [1.29, 1.82) is 0 Å². The molecular formula is C19H21N5O6S. The van der Waals surface area contributed by atoms with Crippen LogP contribution in [0.15, 0.2) is 52.0 Å². The summed E-state index contributed by atoms with van der Waals surface area (Å²) in [6, 6.07) is 9.69. The van der Waals surface area contributed by atoms with E-state index in [9.17, 15) is 23.3 Å². The average Bonchev–Trinajstić information content (AvgIpc) is 3.27. The van der Waals surface area contributed by atoms with Gasteiger partial charge in [0.1, 0.15) is 5.82 Å². The third-order valence-corrected chi connectivity index (χ3v) is 5.52. The SMILES string of the molecule is Cc1cc(NC(=O)c2ccc(S(=O)(=O)NC(C)(C)C)o2)n(-c2ccc([N+](=O)[O-])cc2)n1. The Labute approximate surface area is 178 Å². The number of anilines is 1. The molecule has 3 rings (SSSR count). The van der Waals surface area contributed by atoms with Gasteiger partial charge in [-0.25, -0.2) is 17.8 Å². The Balaban J connectivity index is 1.84. The highest BCUT2D eigenvalue weighted by atomic mass is 32.2. The summed E-state index contributed by atoms with van der Waals surface area (Å²) in [5, 5.41) is 17.4. The smallest absolute Gasteiger partial charge is 0.292 e. The summed E-state index contributed by atoms with van der Waals surface area (Å²) in [4.78, 5) is 22.9. The number of hydrogen-bond donors (Lipinski definition) is 2. The van der Waals surface area contributed by atoms with Gasteiger partial charge in [0.2, 0.25) is 5.09 Å². The molecular weight excluding hydrogens is 426 g/mol. The number of aromatic nitrogens is 2. The summed E-state index contributed by atoms with van der Waals surface area (Å²) in [6.45, 7) is 6.77. The third kappa shape index (κ3) is 5.16. The molecule has 2 aromatic heterocycles. The Hall–Kier alpha value is -3.51. The second-order valence-electron chi connectivity index (χ2n) is 7.78. The molecule has 0 saturated heterocycles. The molecule has 0 aliphatic heterocycles. The maximum Gasteiger partial charge on any atom is 0.292 e. The van der Waals surface area contributed by atoms with Crippen LogP contribution in [0.5, 0.6) is 0 Å². The Kier molecular flexibility index (Phi) is 5.70. The molecule has 12 heteroatoms. The number of benzene rings is 1. The van der Waals surface area contributed by atoms with Crippen LogP contribution in [-0.2, 0) is 10.0 Å². The van der Waals surface area contributed by atoms with E-state index in [2.05, 4.69) is 15.1 Å². The number of sulfonamides is 1. The van der Waals surface area contributed by atoms with Crippen LogP contribution in [0.25, 0.3) is 5.69 Å². The Morgan fingerprint density at radius 2 is 1.81 bits per heavy atom. The second kappa shape index (κ2) is 7.96. The first-order chi connectivity index (χ1) is 14.4. The van der Waals surface area contributed by atoms with Gasteiger partial charge in [0.15, 0.2) is 5.76 Å².